The first-order chi connectivity index (χ1) is 17.3. The molecule has 1 aliphatic rings. The zero-order chi connectivity index (χ0) is 25.5. The summed E-state index contributed by atoms with van der Waals surface area (Å²) >= 11 is 0. The Balaban J connectivity index is 1.57. The molecule has 0 saturated carbocycles. The minimum absolute atomic E-state index is 0.0439. The van der Waals surface area contributed by atoms with Gasteiger partial charge in [-0.05, 0) is 61.2 Å². The fraction of sp³-hybridized carbons (Fsp3) is 0.333. The van der Waals surface area contributed by atoms with Crippen LogP contribution in [0.5, 0.6) is 0 Å². The molecule has 188 valence electrons. The van der Waals surface area contributed by atoms with Crippen LogP contribution in [0.15, 0.2) is 54.7 Å². The van der Waals surface area contributed by atoms with Crippen LogP contribution in [-0.2, 0) is 22.4 Å². The van der Waals surface area contributed by atoms with Crippen LogP contribution in [0, 0.1) is 11.8 Å². The van der Waals surface area contributed by atoms with E-state index in [2.05, 4.69) is 44.0 Å². The van der Waals surface area contributed by atoms with Crippen molar-refractivity contribution in [3.05, 3.63) is 82.7 Å². The van der Waals surface area contributed by atoms with Crippen molar-refractivity contribution in [3.8, 4) is 11.8 Å². The Kier molecular flexibility index (Phi) is 8.21. The molecule has 0 bridgehead atoms. The Morgan fingerprint density at radius 1 is 1.11 bits per heavy atom. The van der Waals surface area contributed by atoms with Gasteiger partial charge in [0.25, 0.3) is 0 Å². The van der Waals surface area contributed by atoms with E-state index in [0.29, 0.717) is 30.2 Å². The number of anilines is 2. The predicted molar refractivity (Wildman–Crippen MR) is 131 cm³/mol. The molecule has 0 spiro atoms. The van der Waals surface area contributed by atoms with Crippen molar-refractivity contribution in [2.75, 3.05) is 39.2 Å². The molecule has 9 heteroatoms. The molecule has 0 radical (unpaired) electrons. The second-order valence-electron chi connectivity index (χ2n) is 8.59. The van der Waals surface area contributed by atoms with Crippen molar-refractivity contribution in [3.63, 3.8) is 0 Å². The highest BCUT2D eigenvalue weighted by molar-refractivity contribution is 5.56. The average Bonchev–Trinajstić information content (AvgIpc) is 3.29. The van der Waals surface area contributed by atoms with Gasteiger partial charge >= 0.3 is 6.18 Å². The highest BCUT2D eigenvalue weighted by Crippen LogP contribution is 2.32. The third-order valence-electron chi connectivity index (χ3n) is 6.03. The number of benzene rings is 2. The maximum Gasteiger partial charge on any atom is 0.420 e. The summed E-state index contributed by atoms with van der Waals surface area (Å²) in [6.07, 6.45) is -2.27. The molecular formula is C27H27F3N4O2. The number of aromatic nitrogens is 2. The molecule has 1 aliphatic heterocycles. The number of nitrogens with zero attached hydrogens (tertiary/aromatic N) is 3. The molecule has 2 heterocycles. The summed E-state index contributed by atoms with van der Waals surface area (Å²) in [5.41, 5.74) is 1.96. The van der Waals surface area contributed by atoms with Gasteiger partial charge in [-0.25, -0.2) is 19.7 Å². The molecule has 2 aromatic carbocycles. The first-order valence-corrected chi connectivity index (χ1v) is 11.6. The van der Waals surface area contributed by atoms with Crippen LogP contribution in [0.2, 0.25) is 0 Å². The maximum atomic E-state index is 13.6. The van der Waals surface area contributed by atoms with Gasteiger partial charge in [0.15, 0.2) is 0 Å². The van der Waals surface area contributed by atoms with E-state index in [1.54, 1.807) is 12.1 Å². The number of alkyl halides is 3. The number of likely N-dealkylation sites (tertiary alicyclic amines) is 1. The smallest absolute Gasteiger partial charge is 0.324 e. The Labute approximate surface area is 208 Å². The van der Waals surface area contributed by atoms with Gasteiger partial charge in [0, 0.05) is 30.4 Å². The molecule has 1 aromatic heterocycles. The van der Waals surface area contributed by atoms with E-state index in [-0.39, 0.29) is 5.95 Å². The average molecular weight is 497 g/mol. The number of hydrogen-bond donors (Lipinski definition) is 1. The predicted octanol–water partition coefficient (Wildman–Crippen LogP) is 5.18. The Hall–Kier alpha value is -3.45. The minimum Gasteiger partial charge on any atom is -0.324 e. The number of nitrogens with one attached hydrogen (secondary N) is 1. The van der Waals surface area contributed by atoms with Gasteiger partial charge in [-0.3, -0.25) is 0 Å². The van der Waals surface area contributed by atoms with E-state index < -0.39 is 17.4 Å². The van der Waals surface area contributed by atoms with Gasteiger partial charge in [0.2, 0.25) is 5.95 Å². The molecule has 1 atom stereocenters. The maximum absolute atomic E-state index is 13.6. The van der Waals surface area contributed by atoms with Crippen molar-refractivity contribution in [1.29, 1.82) is 0 Å². The Morgan fingerprint density at radius 2 is 1.89 bits per heavy atom. The zero-order valence-electron chi connectivity index (χ0n) is 20.1. The van der Waals surface area contributed by atoms with E-state index in [1.165, 1.54) is 12.7 Å². The first-order valence-electron chi connectivity index (χ1n) is 11.6. The summed E-state index contributed by atoms with van der Waals surface area (Å²) in [4.78, 5) is 19.8. The highest BCUT2D eigenvalue weighted by Gasteiger charge is 2.34. The van der Waals surface area contributed by atoms with Crippen LogP contribution in [0.1, 0.15) is 40.3 Å². The molecule has 0 aliphatic carbocycles. The largest absolute Gasteiger partial charge is 0.420 e. The third kappa shape index (κ3) is 6.61. The lowest BCUT2D eigenvalue weighted by atomic mass is 9.98. The summed E-state index contributed by atoms with van der Waals surface area (Å²) in [6.45, 7) is 2.37. The van der Waals surface area contributed by atoms with E-state index >= 15 is 0 Å². The summed E-state index contributed by atoms with van der Waals surface area (Å²) in [6, 6.07) is 15.0. The number of halogens is 3. The summed E-state index contributed by atoms with van der Waals surface area (Å²) in [5, 5.41) is 3.00. The van der Waals surface area contributed by atoms with E-state index in [0.717, 1.165) is 31.3 Å². The van der Waals surface area contributed by atoms with E-state index in [4.69, 9.17) is 4.89 Å². The van der Waals surface area contributed by atoms with Gasteiger partial charge in [0.05, 0.1) is 13.7 Å². The van der Waals surface area contributed by atoms with Crippen molar-refractivity contribution < 1.29 is 22.9 Å². The number of likely N-dealkylation sites (N-methyl/N-ethyl adjacent to an activating group) is 1. The van der Waals surface area contributed by atoms with Gasteiger partial charge < -0.3 is 10.2 Å². The van der Waals surface area contributed by atoms with Crippen LogP contribution in [0.25, 0.3) is 0 Å². The lowest BCUT2D eigenvalue weighted by molar-refractivity contribution is -0.271. The Bertz CT molecular complexity index is 1240. The monoisotopic (exact) mass is 496 g/mol. The quantitative estimate of drug-likeness (QED) is 0.211. The van der Waals surface area contributed by atoms with Crippen molar-refractivity contribution >= 4 is 11.6 Å². The van der Waals surface area contributed by atoms with Crippen LogP contribution < -0.4 is 5.32 Å². The fourth-order valence-electron chi connectivity index (χ4n) is 4.14. The third-order valence-corrected chi connectivity index (χ3v) is 6.03. The normalized spacial score (nSPS) is 16.0. The molecule has 0 amide bonds. The molecule has 1 unspecified atom stereocenters. The molecular weight excluding hydrogens is 469 g/mol. The summed E-state index contributed by atoms with van der Waals surface area (Å²) < 4.78 is 40.9. The van der Waals surface area contributed by atoms with Crippen molar-refractivity contribution in [1.82, 2.24) is 14.9 Å². The van der Waals surface area contributed by atoms with E-state index in [9.17, 15) is 13.2 Å². The highest BCUT2D eigenvalue weighted by atomic mass is 19.4. The van der Waals surface area contributed by atoms with Gasteiger partial charge in [-0.1, -0.05) is 36.3 Å². The van der Waals surface area contributed by atoms with Crippen LogP contribution in [0.3, 0.4) is 0 Å². The van der Waals surface area contributed by atoms with Crippen molar-refractivity contribution in [2.45, 2.75) is 24.9 Å². The van der Waals surface area contributed by atoms with Gasteiger partial charge in [-0.2, -0.15) is 13.2 Å². The molecule has 1 saturated heterocycles. The topological polar surface area (TPSA) is 59.5 Å². The second-order valence-corrected chi connectivity index (χ2v) is 8.59. The molecule has 4 rings (SSSR count). The molecule has 36 heavy (non-hydrogen) atoms. The zero-order valence-corrected chi connectivity index (χ0v) is 20.1. The number of hydrogen-bond acceptors (Lipinski definition) is 6. The van der Waals surface area contributed by atoms with Gasteiger partial charge in [-0.15, -0.1) is 0 Å². The molecule has 3 aromatic rings. The molecule has 6 nitrogen and oxygen atoms in total. The fourth-order valence-corrected chi connectivity index (χ4v) is 4.14. The van der Waals surface area contributed by atoms with Crippen molar-refractivity contribution in [2.24, 2.45) is 0 Å². The van der Waals surface area contributed by atoms with Crippen LogP contribution >= 0.6 is 0 Å². The van der Waals surface area contributed by atoms with E-state index in [1.807, 2.05) is 36.4 Å². The minimum atomic E-state index is -4.63. The van der Waals surface area contributed by atoms with Crippen LogP contribution in [0.4, 0.5) is 24.8 Å². The standard InChI is InChI=1S/C27H27F3N4O2/c1-34-15-13-22(18-34)21-7-10-23(11-8-21)32-26-31-17-24(27(28,29)30)25(33-26)12-9-19-5-3-4-6-20(19)14-16-36-35-2/h3-8,10-11,17,22H,13-16,18H2,1-2H3,(H,31,32,33). The lowest BCUT2D eigenvalue weighted by Crippen LogP contribution is -2.13. The number of rotatable bonds is 7. The SMILES string of the molecule is COOCCc1ccccc1C#Cc1nc(Nc2ccc(C3CCN(C)C3)cc2)ncc1C(F)(F)F. The lowest BCUT2D eigenvalue weighted by Gasteiger charge is -2.13. The first kappa shape index (κ1) is 25.6. The summed E-state index contributed by atoms with van der Waals surface area (Å²) in [5.74, 6) is 5.97. The Morgan fingerprint density at radius 3 is 2.58 bits per heavy atom. The second kappa shape index (κ2) is 11.5. The molecule has 1 fully saturated rings. The summed E-state index contributed by atoms with van der Waals surface area (Å²) in [7, 11) is 3.51. The molecule has 1 N–H and O–H groups in total. The van der Waals surface area contributed by atoms with Crippen LogP contribution in [-0.4, -0.2) is 48.7 Å². The van der Waals surface area contributed by atoms with Gasteiger partial charge in [0.1, 0.15) is 11.3 Å².